The fraction of sp³-hybridized carbons (Fsp3) is 0.741. The minimum atomic E-state index is 0.0366. The zero-order valence-electron chi connectivity index (χ0n) is 19.9. The minimum Gasteiger partial charge on any atom is -0.462 e. The van der Waals surface area contributed by atoms with Crippen molar-refractivity contribution in [2.45, 2.75) is 64.6 Å². The summed E-state index contributed by atoms with van der Waals surface area (Å²) in [7, 11) is 0. The van der Waals surface area contributed by atoms with E-state index >= 15 is 0 Å². The number of ether oxygens (including phenoxy) is 2. The van der Waals surface area contributed by atoms with E-state index in [1.807, 2.05) is 0 Å². The zero-order valence-corrected chi connectivity index (χ0v) is 19.9. The molecule has 0 N–H and O–H groups in total. The van der Waals surface area contributed by atoms with Crippen molar-refractivity contribution in [1.29, 1.82) is 0 Å². The van der Waals surface area contributed by atoms with Gasteiger partial charge in [0.15, 0.2) is 0 Å². The smallest absolute Gasteiger partial charge is 0.310 e. The molecule has 5 nitrogen and oxygen atoms in total. The van der Waals surface area contributed by atoms with E-state index in [2.05, 4.69) is 48.8 Å². The summed E-state index contributed by atoms with van der Waals surface area (Å²) in [6.45, 7) is 12.7. The number of fused-ring (bicyclic) bond motifs is 3. The fourth-order valence-corrected chi connectivity index (χ4v) is 7.68. The molecule has 1 spiro atoms. The van der Waals surface area contributed by atoms with Gasteiger partial charge in [0, 0.05) is 44.3 Å². The Bertz CT molecular complexity index is 904. The molecule has 0 amide bonds. The third-order valence-corrected chi connectivity index (χ3v) is 9.61. The Morgan fingerprint density at radius 1 is 1.12 bits per heavy atom. The molecule has 0 radical (unpaired) electrons. The van der Waals surface area contributed by atoms with E-state index in [4.69, 9.17) is 9.47 Å². The van der Waals surface area contributed by atoms with Gasteiger partial charge in [0.25, 0.3) is 0 Å². The monoisotopic (exact) mass is 438 g/mol. The van der Waals surface area contributed by atoms with Gasteiger partial charge in [0.1, 0.15) is 6.10 Å². The van der Waals surface area contributed by atoms with E-state index in [9.17, 15) is 4.79 Å². The summed E-state index contributed by atoms with van der Waals surface area (Å²) < 4.78 is 12.1. The molecule has 5 heteroatoms. The van der Waals surface area contributed by atoms with Crippen molar-refractivity contribution in [2.75, 3.05) is 44.2 Å². The summed E-state index contributed by atoms with van der Waals surface area (Å²) in [6.07, 6.45) is 6.00. The second-order valence-electron chi connectivity index (χ2n) is 11.7. The van der Waals surface area contributed by atoms with Gasteiger partial charge in [-0.2, -0.15) is 0 Å². The Hall–Kier alpha value is -1.59. The van der Waals surface area contributed by atoms with Gasteiger partial charge in [-0.05, 0) is 74.5 Å². The van der Waals surface area contributed by atoms with Crippen LogP contribution in [0.4, 0.5) is 5.69 Å². The third kappa shape index (κ3) is 3.38. The Labute approximate surface area is 192 Å². The van der Waals surface area contributed by atoms with Crippen molar-refractivity contribution in [3.05, 3.63) is 29.3 Å². The largest absolute Gasteiger partial charge is 0.462 e. The third-order valence-electron chi connectivity index (χ3n) is 9.61. The molecule has 3 saturated heterocycles. The lowest BCUT2D eigenvalue weighted by Crippen LogP contribution is -2.52. The second-order valence-corrected chi connectivity index (χ2v) is 11.7. The number of rotatable bonds is 3. The lowest BCUT2D eigenvalue weighted by atomic mass is 9.53. The maximum atomic E-state index is 13.0. The van der Waals surface area contributed by atoms with Crippen LogP contribution >= 0.6 is 0 Å². The number of nitrogens with zero attached hydrogens (tertiary/aromatic N) is 2. The molecule has 1 aromatic carbocycles. The summed E-state index contributed by atoms with van der Waals surface area (Å²) in [5.41, 5.74) is 4.44. The first-order valence-corrected chi connectivity index (χ1v) is 12.8. The first kappa shape index (κ1) is 21.0. The summed E-state index contributed by atoms with van der Waals surface area (Å²) in [5.74, 6) is 1.07. The molecule has 0 unspecified atom stereocenters. The highest BCUT2D eigenvalue weighted by atomic mass is 16.6. The molecule has 6 rings (SSSR count). The maximum Gasteiger partial charge on any atom is 0.310 e. The van der Waals surface area contributed by atoms with Gasteiger partial charge in [0.05, 0.1) is 18.1 Å². The zero-order chi connectivity index (χ0) is 22.1. The SMILES string of the molecule is Cc1ccc(C)c(N2CCN(C[C@H]3C(=O)O[C@@H]4C[C@@]5(C)CCC[C@]6(CO6)[C@@H]5C[C@@H]43)CC2)c1. The summed E-state index contributed by atoms with van der Waals surface area (Å²) >= 11 is 0. The molecule has 6 atom stereocenters. The molecule has 5 aliphatic rings. The Morgan fingerprint density at radius 3 is 2.66 bits per heavy atom. The predicted molar refractivity (Wildman–Crippen MR) is 125 cm³/mol. The minimum absolute atomic E-state index is 0.0366. The van der Waals surface area contributed by atoms with Gasteiger partial charge in [-0.25, -0.2) is 0 Å². The molecule has 174 valence electrons. The number of epoxide rings is 1. The maximum absolute atomic E-state index is 13.0. The van der Waals surface area contributed by atoms with Gasteiger partial charge in [-0.1, -0.05) is 19.1 Å². The number of hydrogen-bond donors (Lipinski definition) is 0. The van der Waals surface area contributed by atoms with Crippen LogP contribution in [0.25, 0.3) is 0 Å². The molecule has 2 aliphatic carbocycles. The number of aryl methyl sites for hydroxylation is 2. The van der Waals surface area contributed by atoms with Gasteiger partial charge in [-0.3, -0.25) is 9.69 Å². The standard InChI is InChI=1S/C27H38N2O3/c1-18-5-6-19(2)22(13-18)29-11-9-28(10-12-29)16-21-20-14-24-26(3,15-23(20)32-25(21)30)7-4-8-27(24)17-31-27/h5-6,13,20-21,23-24H,4,7-12,14-17H2,1-3H3/t20-,21-,23-,24-,26-,27+/m1/s1. The van der Waals surface area contributed by atoms with Crippen molar-refractivity contribution in [3.8, 4) is 0 Å². The number of hydrogen-bond acceptors (Lipinski definition) is 5. The molecule has 0 aromatic heterocycles. The normalized spacial score (nSPS) is 41.3. The van der Waals surface area contributed by atoms with Crippen LogP contribution in [-0.4, -0.2) is 61.9 Å². The van der Waals surface area contributed by atoms with Crippen molar-refractivity contribution < 1.29 is 14.3 Å². The van der Waals surface area contributed by atoms with E-state index in [0.29, 0.717) is 11.8 Å². The summed E-state index contributed by atoms with van der Waals surface area (Å²) in [5, 5.41) is 0. The molecule has 32 heavy (non-hydrogen) atoms. The first-order chi connectivity index (χ1) is 15.4. The predicted octanol–water partition coefficient (Wildman–Crippen LogP) is 3.95. The van der Waals surface area contributed by atoms with Crippen LogP contribution in [0.2, 0.25) is 0 Å². The van der Waals surface area contributed by atoms with E-state index in [1.165, 1.54) is 36.1 Å². The van der Waals surface area contributed by atoms with Gasteiger partial charge < -0.3 is 14.4 Å². The number of anilines is 1. The number of esters is 1. The average molecular weight is 439 g/mol. The van der Waals surface area contributed by atoms with Crippen molar-refractivity contribution in [1.82, 2.24) is 4.90 Å². The van der Waals surface area contributed by atoms with Crippen molar-refractivity contribution in [2.24, 2.45) is 23.2 Å². The van der Waals surface area contributed by atoms with Gasteiger partial charge in [0.2, 0.25) is 0 Å². The Balaban J connectivity index is 1.12. The summed E-state index contributed by atoms with van der Waals surface area (Å²) in [6, 6.07) is 6.72. The van der Waals surface area contributed by atoms with Crippen molar-refractivity contribution in [3.63, 3.8) is 0 Å². The van der Waals surface area contributed by atoms with Crippen LogP contribution in [0.1, 0.15) is 50.2 Å². The van der Waals surface area contributed by atoms with E-state index in [0.717, 1.165) is 52.2 Å². The lowest BCUT2D eigenvalue weighted by Gasteiger charge is -2.51. The van der Waals surface area contributed by atoms with Crippen LogP contribution in [0.5, 0.6) is 0 Å². The van der Waals surface area contributed by atoms with E-state index in [1.54, 1.807) is 0 Å². The quantitative estimate of drug-likeness (QED) is 0.528. The Morgan fingerprint density at radius 2 is 1.91 bits per heavy atom. The van der Waals surface area contributed by atoms with E-state index in [-0.39, 0.29) is 29.0 Å². The molecule has 1 aromatic rings. The fourth-order valence-electron chi connectivity index (χ4n) is 7.68. The van der Waals surface area contributed by atoms with E-state index < -0.39 is 0 Å². The topological polar surface area (TPSA) is 45.3 Å². The average Bonchev–Trinajstić information content (AvgIpc) is 3.47. The van der Waals surface area contributed by atoms with Crippen LogP contribution in [0.3, 0.4) is 0 Å². The summed E-state index contributed by atoms with van der Waals surface area (Å²) in [4.78, 5) is 18.0. The van der Waals surface area contributed by atoms with Crippen molar-refractivity contribution >= 4 is 11.7 Å². The molecule has 3 aliphatic heterocycles. The molecule has 0 bridgehead atoms. The van der Waals surface area contributed by atoms with Gasteiger partial charge >= 0.3 is 5.97 Å². The first-order valence-electron chi connectivity index (χ1n) is 12.8. The number of carbonyl (C=O) groups excluding carboxylic acids is 1. The molecule has 5 fully saturated rings. The molecule has 2 saturated carbocycles. The van der Waals surface area contributed by atoms with Crippen LogP contribution < -0.4 is 4.90 Å². The van der Waals surface area contributed by atoms with Crippen LogP contribution in [0.15, 0.2) is 18.2 Å². The van der Waals surface area contributed by atoms with Crippen LogP contribution in [0, 0.1) is 37.0 Å². The highest BCUT2D eigenvalue weighted by Gasteiger charge is 2.65. The molecular weight excluding hydrogens is 400 g/mol. The highest BCUT2D eigenvalue weighted by molar-refractivity contribution is 5.75. The number of piperazine rings is 1. The number of carbonyl (C=O) groups is 1. The number of benzene rings is 1. The lowest BCUT2D eigenvalue weighted by molar-refractivity contribution is -0.147. The second kappa shape index (κ2) is 7.46. The Kier molecular flexibility index (Phi) is 4.89. The molecular formula is C27H38N2O3. The van der Waals surface area contributed by atoms with Crippen LogP contribution in [-0.2, 0) is 14.3 Å². The molecule has 3 heterocycles. The highest BCUT2D eigenvalue weighted by Crippen LogP contribution is 2.62. The van der Waals surface area contributed by atoms with Gasteiger partial charge in [-0.15, -0.1) is 0 Å².